The van der Waals surface area contributed by atoms with E-state index in [1.807, 2.05) is 12.1 Å². The maximum Gasteiger partial charge on any atom is 0.106 e. The first-order valence-electron chi connectivity index (χ1n) is 6.42. The number of hydrogen-bond acceptors (Lipinski definition) is 2. The fourth-order valence-electron chi connectivity index (χ4n) is 2.64. The lowest BCUT2D eigenvalue weighted by molar-refractivity contribution is 0.358. The van der Waals surface area contributed by atoms with E-state index in [2.05, 4.69) is 34.2 Å². The third kappa shape index (κ3) is 3.45. The Labute approximate surface area is 122 Å². The Morgan fingerprint density at radius 3 is 2.89 bits per heavy atom. The third-order valence-electron chi connectivity index (χ3n) is 3.54. The summed E-state index contributed by atoms with van der Waals surface area (Å²) in [6.45, 7) is 2.32. The van der Waals surface area contributed by atoms with Gasteiger partial charge in [0.15, 0.2) is 0 Å². The van der Waals surface area contributed by atoms with Gasteiger partial charge in [0.1, 0.15) is 4.99 Å². The van der Waals surface area contributed by atoms with Gasteiger partial charge in [-0.25, -0.2) is 0 Å². The molecule has 2 unspecified atom stereocenters. The Kier molecular flexibility index (Phi) is 4.62. The Bertz CT molecular complexity index is 447. The van der Waals surface area contributed by atoms with Gasteiger partial charge in [-0.1, -0.05) is 47.9 Å². The number of thiocarbonyl (C=S) groups is 1. The first kappa shape index (κ1) is 13.8. The predicted octanol–water partition coefficient (Wildman–Crippen LogP) is 4.07. The molecular weight excluding hydrogens is 308 g/mol. The van der Waals surface area contributed by atoms with Crippen molar-refractivity contribution in [2.45, 2.75) is 38.6 Å². The molecule has 0 amide bonds. The second-order valence-electron chi connectivity index (χ2n) is 5.17. The SMILES string of the molecule is CC1CCCC(Nc2cc(Br)ccc2C(N)=S)C1. The average Bonchev–Trinajstić information content (AvgIpc) is 2.28. The highest BCUT2D eigenvalue weighted by Crippen LogP contribution is 2.28. The third-order valence-corrected chi connectivity index (χ3v) is 4.26. The lowest BCUT2D eigenvalue weighted by atomic mass is 9.87. The maximum atomic E-state index is 5.77. The van der Waals surface area contributed by atoms with Gasteiger partial charge in [0.2, 0.25) is 0 Å². The number of anilines is 1. The molecule has 1 aliphatic carbocycles. The summed E-state index contributed by atoms with van der Waals surface area (Å²) in [5, 5.41) is 3.60. The topological polar surface area (TPSA) is 38.0 Å². The van der Waals surface area contributed by atoms with E-state index in [4.69, 9.17) is 18.0 Å². The molecule has 1 aliphatic rings. The van der Waals surface area contributed by atoms with Crippen LogP contribution in [0.2, 0.25) is 0 Å². The Balaban J connectivity index is 2.16. The van der Waals surface area contributed by atoms with E-state index in [1.165, 1.54) is 25.7 Å². The molecule has 98 valence electrons. The molecule has 0 saturated heterocycles. The summed E-state index contributed by atoms with van der Waals surface area (Å²) in [6, 6.07) is 6.55. The highest BCUT2D eigenvalue weighted by Gasteiger charge is 2.19. The molecule has 4 heteroatoms. The molecule has 0 bridgehead atoms. The molecule has 0 aromatic heterocycles. The molecule has 1 fully saturated rings. The zero-order valence-corrected chi connectivity index (χ0v) is 13.0. The zero-order chi connectivity index (χ0) is 13.1. The van der Waals surface area contributed by atoms with Crippen LogP contribution >= 0.6 is 28.1 Å². The quantitative estimate of drug-likeness (QED) is 0.822. The smallest absolute Gasteiger partial charge is 0.106 e. The molecule has 2 atom stereocenters. The van der Waals surface area contributed by atoms with Crippen molar-refractivity contribution in [3.05, 3.63) is 28.2 Å². The van der Waals surface area contributed by atoms with Crippen molar-refractivity contribution in [1.29, 1.82) is 0 Å². The van der Waals surface area contributed by atoms with Crippen LogP contribution in [0.4, 0.5) is 5.69 Å². The molecule has 0 heterocycles. The van der Waals surface area contributed by atoms with E-state index < -0.39 is 0 Å². The van der Waals surface area contributed by atoms with Crippen LogP contribution in [0.5, 0.6) is 0 Å². The van der Waals surface area contributed by atoms with Crippen LogP contribution in [0.25, 0.3) is 0 Å². The molecule has 1 aromatic carbocycles. The van der Waals surface area contributed by atoms with Crippen molar-refractivity contribution in [3.63, 3.8) is 0 Å². The van der Waals surface area contributed by atoms with Crippen molar-refractivity contribution >= 4 is 38.8 Å². The highest BCUT2D eigenvalue weighted by atomic mass is 79.9. The van der Waals surface area contributed by atoms with Gasteiger partial charge in [-0.3, -0.25) is 0 Å². The molecular formula is C14H19BrN2S. The summed E-state index contributed by atoms with van der Waals surface area (Å²) < 4.78 is 1.05. The molecule has 2 nitrogen and oxygen atoms in total. The van der Waals surface area contributed by atoms with Gasteiger partial charge in [0, 0.05) is 21.8 Å². The summed E-state index contributed by atoms with van der Waals surface area (Å²) in [5.74, 6) is 0.802. The summed E-state index contributed by atoms with van der Waals surface area (Å²) in [6.07, 6.45) is 5.10. The van der Waals surface area contributed by atoms with Crippen molar-refractivity contribution in [2.24, 2.45) is 11.7 Å². The minimum Gasteiger partial charge on any atom is -0.389 e. The number of nitrogens with two attached hydrogens (primary N) is 1. The van der Waals surface area contributed by atoms with Gasteiger partial charge in [-0.15, -0.1) is 0 Å². The van der Waals surface area contributed by atoms with Gasteiger partial charge in [-0.05, 0) is 37.0 Å². The monoisotopic (exact) mass is 326 g/mol. The number of hydrogen-bond donors (Lipinski definition) is 2. The lowest BCUT2D eigenvalue weighted by Gasteiger charge is -2.29. The molecule has 0 aliphatic heterocycles. The van der Waals surface area contributed by atoms with Gasteiger partial charge < -0.3 is 11.1 Å². The summed E-state index contributed by atoms with van der Waals surface area (Å²) in [4.78, 5) is 0.453. The van der Waals surface area contributed by atoms with Gasteiger partial charge >= 0.3 is 0 Å². The second kappa shape index (κ2) is 6.02. The largest absolute Gasteiger partial charge is 0.389 e. The van der Waals surface area contributed by atoms with E-state index in [0.717, 1.165) is 21.6 Å². The van der Waals surface area contributed by atoms with Gasteiger partial charge in [-0.2, -0.15) is 0 Å². The van der Waals surface area contributed by atoms with Gasteiger partial charge in [0.05, 0.1) is 0 Å². The number of benzene rings is 1. The van der Waals surface area contributed by atoms with Crippen LogP contribution in [0.1, 0.15) is 38.2 Å². The molecule has 0 spiro atoms. The molecule has 18 heavy (non-hydrogen) atoms. The molecule has 3 N–H and O–H groups in total. The number of rotatable bonds is 3. The van der Waals surface area contributed by atoms with Gasteiger partial charge in [0.25, 0.3) is 0 Å². The summed E-state index contributed by atoms with van der Waals surface area (Å²) in [5.41, 5.74) is 7.76. The van der Waals surface area contributed by atoms with Crippen molar-refractivity contribution in [3.8, 4) is 0 Å². The Hall–Kier alpha value is -0.610. The number of nitrogens with one attached hydrogen (secondary N) is 1. The van der Waals surface area contributed by atoms with Crippen LogP contribution in [-0.2, 0) is 0 Å². The van der Waals surface area contributed by atoms with Crippen molar-refractivity contribution in [1.82, 2.24) is 0 Å². The molecule has 1 saturated carbocycles. The average molecular weight is 327 g/mol. The highest BCUT2D eigenvalue weighted by molar-refractivity contribution is 9.10. The van der Waals surface area contributed by atoms with Crippen LogP contribution in [0, 0.1) is 5.92 Å². The predicted molar refractivity (Wildman–Crippen MR) is 85.1 cm³/mol. The second-order valence-corrected chi connectivity index (χ2v) is 6.52. The summed E-state index contributed by atoms with van der Waals surface area (Å²) in [7, 11) is 0. The fourth-order valence-corrected chi connectivity index (χ4v) is 3.17. The van der Waals surface area contributed by atoms with Crippen molar-refractivity contribution < 1.29 is 0 Å². The van der Waals surface area contributed by atoms with Crippen molar-refractivity contribution in [2.75, 3.05) is 5.32 Å². The van der Waals surface area contributed by atoms with E-state index >= 15 is 0 Å². The van der Waals surface area contributed by atoms with Crippen LogP contribution in [0.3, 0.4) is 0 Å². The first-order chi connectivity index (χ1) is 8.56. The molecule has 0 radical (unpaired) electrons. The van der Waals surface area contributed by atoms with E-state index in [1.54, 1.807) is 0 Å². The standard InChI is InChI=1S/C14H19BrN2S/c1-9-3-2-4-11(7-9)17-13-8-10(15)5-6-12(13)14(16)18/h5-6,8-9,11,17H,2-4,7H2,1H3,(H2,16,18). The van der Waals surface area contributed by atoms with Crippen LogP contribution < -0.4 is 11.1 Å². The van der Waals surface area contributed by atoms with E-state index in [9.17, 15) is 0 Å². The van der Waals surface area contributed by atoms with E-state index in [-0.39, 0.29) is 0 Å². The van der Waals surface area contributed by atoms with Crippen LogP contribution in [0.15, 0.2) is 22.7 Å². The Morgan fingerprint density at radius 1 is 1.44 bits per heavy atom. The molecule has 2 rings (SSSR count). The minimum absolute atomic E-state index is 0.453. The number of halogens is 1. The normalized spacial score (nSPS) is 23.7. The Morgan fingerprint density at radius 2 is 2.22 bits per heavy atom. The van der Waals surface area contributed by atoms with Crippen LogP contribution in [-0.4, -0.2) is 11.0 Å². The summed E-state index contributed by atoms with van der Waals surface area (Å²) >= 11 is 8.60. The minimum atomic E-state index is 0.453. The maximum absolute atomic E-state index is 5.77. The lowest BCUT2D eigenvalue weighted by Crippen LogP contribution is -2.27. The zero-order valence-electron chi connectivity index (χ0n) is 10.6. The van der Waals surface area contributed by atoms with E-state index in [0.29, 0.717) is 11.0 Å². The first-order valence-corrected chi connectivity index (χ1v) is 7.62. The molecule has 1 aromatic rings. The fraction of sp³-hybridized carbons (Fsp3) is 0.500.